The van der Waals surface area contributed by atoms with Gasteiger partial charge in [0.1, 0.15) is 0 Å². The van der Waals surface area contributed by atoms with E-state index in [0.717, 1.165) is 16.2 Å². The first-order chi connectivity index (χ1) is 8.02. The van der Waals surface area contributed by atoms with Gasteiger partial charge in [-0.3, -0.25) is 4.79 Å². The van der Waals surface area contributed by atoms with Gasteiger partial charge in [0.15, 0.2) is 0 Å². The van der Waals surface area contributed by atoms with E-state index in [-0.39, 0.29) is 11.9 Å². The number of rotatable bonds is 5. The molecule has 0 aliphatic rings. The van der Waals surface area contributed by atoms with E-state index in [1.165, 1.54) is 0 Å². The summed E-state index contributed by atoms with van der Waals surface area (Å²) in [5.41, 5.74) is 0.697. The van der Waals surface area contributed by atoms with Crippen molar-refractivity contribution < 1.29 is 4.79 Å². The van der Waals surface area contributed by atoms with E-state index < -0.39 is 0 Å². The van der Waals surface area contributed by atoms with Crippen LogP contribution in [0.5, 0.6) is 0 Å². The van der Waals surface area contributed by atoms with E-state index in [1.54, 1.807) is 0 Å². The molecule has 0 saturated carbocycles. The Hall–Kier alpha value is -0.350. The van der Waals surface area contributed by atoms with Gasteiger partial charge in [-0.1, -0.05) is 45.7 Å². The van der Waals surface area contributed by atoms with Crippen LogP contribution in [0.15, 0.2) is 28.7 Å². The van der Waals surface area contributed by atoms with Crippen molar-refractivity contribution in [1.82, 2.24) is 5.32 Å². The molecule has 1 aromatic carbocycles. The fraction of sp³-hybridized carbons (Fsp3) is 0.462. The average Bonchev–Trinajstić information content (AvgIpc) is 2.28. The molecule has 1 unspecified atom stereocenters. The molecule has 0 radical (unpaired) electrons. The second-order valence-corrected chi connectivity index (χ2v) is 6.02. The third-order valence-corrected chi connectivity index (χ3v) is 3.69. The van der Waals surface area contributed by atoms with Gasteiger partial charge in [0.2, 0.25) is 0 Å². The summed E-state index contributed by atoms with van der Waals surface area (Å²) in [6, 6.07) is 7.58. The summed E-state index contributed by atoms with van der Waals surface area (Å²) in [5.74, 6) is 0.561. The van der Waals surface area contributed by atoms with Crippen LogP contribution >= 0.6 is 31.9 Å². The summed E-state index contributed by atoms with van der Waals surface area (Å²) in [4.78, 5) is 12.0. The lowest BCUT2D eigenvalue weighted by Crippen LogP contribution is -2.37. The molecule has 0 heterocycles. The lowest BCUT2D eigenvalue weighted by Gasteiger charge is -2.18. The molecular formula is C13H17Br2NO. The zero-order chi connectivity index (χ0) is 12.8. The van der Waals surface area contributed by atoms with E-state index in [0.29, 0.717) is 11.5 Å². The molecular weight excluding hydrogens is 346 g/mol. The van der Waals surface area contributed by atoms with Crippen LogP contribution in [0.25, 0.3) is 0 Å². The largest absolute Gasteiger partial charge is 0.348 e. The number of hydrogen-bond donors (Lipinski definition) is 1. The van der Waals surface area contributed by atoms with Crippen LogP contribution in [0.1, 0.15) is 30.6 Å². The lowest BCUT2D eigenvalue weighted by atomic mass is 10.0. The molecule has 94 valence electrons. The average molecular weight is 363 g/mol. The normalized spacial score (nSPS) is 12.5. The Morgan fingerprint density at radius 2 is 1.88 bits per heavy atom. The molecule has 2 nitrogen and oxygen atoms in total. The second kappa shape index (κ2) is 7.17. The van der Waals surface area contributed by atoms with E-state index >= 15 is 0 Å². The van der Waals surface area contributed by atoms with Crippen molar-refractivity contribution in [2.75, 3.05) is 5.33 Å². The quantitative estimate of drug-likeness (QED) is 0.788. The maximum atomic E-state index is 12.0. The summed E-state index contributed by atoms with van der Waals surface area (Å²) < 4.78 is 0.980. The van der Waals surface area contributed by atoms with Crippen molar-refractivity contribution in [1.29, 1.82) is 0 Å². The van der Waals surface area contributed by atoms with Gasteiger partial charge in [-0.15, -0.1) is 0 Å². The third-order valence-electron chi connectivity index (χ3n) is 2.38. The van der Waals surface area contributed by atoms with Crippen LogP contribution in [0.3, 0.4) is 0 Å². The van der Waals surface area contributed by atoms with E-state index in [9.17, 15) is 4.79 Å². The van der Waals surface area contributed by atoms with Crippen molar-refractivity contribution in [2.24, 2.45) is 5.92 Å². The molecule has 1 N–H and O–H groups in total. The zero-order valence-electron chi connectivity index (χ0n) is 10.0. The van der Waals surface area contributed by atoms with Gasteiger partial charge < -0.3 is 5.32 Å². The number of alkyl halides is 1. The van der Waals surface area contributed by atoms with Crippen molar-refractivity contribution in [3.8, 4) is 0 Å². The fourth-order valence-corrected chi connectivity index (χ4v) is 2.29. The smallest absolute Gasteiger partial charge is 0.251 e. The second-order valence-electron chi connectivity index (χ2n) is 4.46. The van der Waals surface area contributed by atoms with Crippen LogP contribution in [0.2, 0.25) is 0 Å². The highest BCUT2D eigenvalue weighted by Gasteiger charge is 2.13. The highest BCUT2D eigenvalue weighted by atomic mass is 79.9. The van der Waals surface area contributed by atoms with Gasteiger partial charge in [0.25, 0.3) is 5.91 Å². The van der Waals surface area contributed by atoms with Crippen LogP contribution in [-0.4, -0.2) is 17.3 Å². The molecule has 0 aliphatic heterocycles. The molecule has 0 bridgehead atoms. The highest BCUT2D eigenvalue weighted by Crippen LogP contribution is 2.12. The molecule has 0 spiro atoms. The van der Waals surface area contributed by atoms with E-state index in [4.69, 9.17) is 0 Å². The molecule has 1 atom stereocenters. The number of amides is 1. The molecule has 17 heavy (non-hydrogen) atoms. The molecule has 1 amide bonds. The number of halogens is 2. The summed E-state index contributed by atoms with van der Waals surface area (Å²) in [7, 11) is 0. The van der Waals surface area contributed by atoms with Crippen molar-refractivity contribution in [2.45, 2.75) is 26.3 Å². The van der Waals surface area contributed by atoms with E-state index in [1.807, 2.05) is 24.3 Å². The third kappa shape index (κ3) is 5.21. The van der Waals surface area contributed by atoms with Crippen LogP contribution in [0, 0.1) is 5.92 Å². The fourth-order valence-electron chi connectivity index (χ4n) is 1.60. The standard InChI is InChI=1S/C13H17Br2NO/c1-9(2)7-12(8-14)16-13(17)10-3-5-11(15)6-4-10/h3-6,9,12H,7-8H2,1-2H3,(H,16,17). The maximum absolute atomic E-state index is 12.0. The minimum atomic E-state index is -0.0115. The molecule has 4 heteroatoms. The number of carbonyl (C=O) groups excluding carboxylic acids is 1. The Morgan fingerprint density at radius 1 is 1.29 bits per heavy atom. The first kappa shape index (κ1) is 14.7. The summed E-state index contributed by atoms with van der Waals surface area (Å²) >= 11 is 6.79. The molecule has 0 aliphatic carbocycles. The highest BCUT2D eigenvalue weighted by molar-refractivity contribution is 9.10. The number of carbonyl (C=O) groups is 1. The predicted molar refractivity (Wildman–Crippen MR) is 78.6 cm³/mol. The number of hydrogen-bond acceptors (Lipinski definition) is 1. The molecule has 1 rings (SSSR count). The number of nitrogens with one attached hydrogen (secondary N) is 1. The first-order valence-electron chi connectivity index (χ1n) is 5.65. The number of benzene rings is 1. The molecule has 0 aromatic heterocycles. The SMILES string of the molecule is CC(C)CC(CBr)NC(=O)c1ccc(Br)cc1. The monoisotopic (exact) mass is 361 g/mol. The van der Waals surface area contributed by atoms with Crippen molar-refractivity contribution >= 4 is 37.8 Å². The topological polar surface area (TPSA) is 29.1 Å². The van der Waals surface area contributed by atoms with Gasteiger partial charge in [-0.2, -0.15) is 0 Å². The lowest BCUT2D eigenvalue weighted by molar-refractivity contribution is 0.0937. The van der Waals surface area contributed by atoms with Crippen LogP contribution in [0.4, 0.5) is 0 Å². The molecule has 0 fully saturated rings. The maximum Gasteiger partial charge on any atom is 0.251 e. The Morgan fingerprint density at radius 3 is 2.35 bits per heavy atom. The Labute approximate surface area is 119 Å². The molecule has 1 aromatic rings. The van der Waals surface area contributed by atoms with Crippen LogP contribution in [-0.2, 0) is 0 Å². The predicted octanol–water partition coefficient (Wildman–Crippen LogP) is 3.99. The summed E-state index contributed by atoms with van der Waals surface area (Å²) in [6.45, 7) is 4.31. The van der Waals surface area contributed by atoms with Gasteiger partial charge >= 0.3 is 0 Å². The first-order valence-corrected chi connectivity index (χ1v) is 7.56. The van der Waals surface area contributed by atoms with Gasteiger partial charge in [-0.05, 0) is 36.6 Å². The van der Waals surface area contributed by atoms with E-state index in [2.05, 4.69) is 51.0 Å². The van der Waals surface area contributed by atoms with Crippen molar-refractivity contribution in [3.05, 3.63) is 34.3 Å². The Balaban J connectivity index is 2.61. The Kier molecular flexibility index (Phi) is 6.20. The van der Waals surface area contributed by atoms with Gasteiger partial charge in [-0.25, -0.2) is 0 Å². The summed E-state index contributed by atoms with van der Waals surface area (Å²) in [6.07, 6.45) is 0.980. The Bertz CT molecular complexity index is 362. The van der Waals surface area contributed by atoms with Gasteiger partial charge in [0, 0.05) is 21.4 Å². The minimum Gasteiger partial charge on any atom is -0.348 e. The summed E-state index contributed by atoms with van der Waals surface area (Å²) in [5, 5.41) is 3.82. The zero-order valence-corrected chi connectivity index (χ0v) is 13.2. The van der Waals surface area contributed by atoms with Crippen molar-refractivity contribution in [3.63, 3.8) is 0 Å². The van der Waals surface area contributed by atoms with Crippen LogP contribution < -0.4 is 5.32 Å². The minimum absolute atomic E-state index is 0.0115. The van der Waals surface area contributed by atoms with Gasteiger partial charge in [0.05, 0.1) is 0 Å². The molecule has 0 saturated heterocycles.